The largest absolute Gasteiger partial charge is 0.459 e. The van der Waals surface area contributed by atoms with Gasteiger partial charge < -0.3 is 9.47 Å². The number of ketones is 1. The minimum atomic E-state index is -0.714. The Morgan fingerprint density at radius 1 is 0.617 bits per heavy atom. The maximum atomic E-state index is 13.3. The first-order valence-corrected chi connectivity index (χ1v) is 15.4. The van der Waals surface area contributed by atoms with Crippen LogP contribution in [0.3, 0.4) is 0 Å². The number of esters is 1. The normalized spacial score (nSPS) is 13.1. The average Bonchev–Trinajstić information content (AvgIpc) is 3.80. The van der Waals surface area contributed by atoms with Crippen molar-refractivity contribution in [3.05, 3.63) is 120 Å². The summed E-state index contributed by atoms with van der Waals surface area (Å²) in [6.45, 7) is 5.39. The third kappa shape index (κ3) is 7.57. The van der Waals surface area contributed by atoms with Crippen molar-refractivity contribution in [1.29, 1.82) is 0 Å². The highest BCUT2D eigenvalue weighted by Crippen LogP contribution is 2.24. The maximum absolute atomic E-state index is 13.3. The highest BCUT2D eigenvalue weighted by molar-refractivity contribution is 6.00. The number of hydrogen-bond donors (Lipinski definition) is 2. The Bertz CT molecular complexity index is 1970. The SMILES string of the molecule is CC(CC(C)OC(C)C(=O)c1cccc(-c2n[nH]c(-c3ccccc3)n2)c1)OC(=O)c1cccc(-c2n[nH]c(-c3ccccc3)n2)c1. The highest BCUT2D eigenvalue weighted by Gasteiger charge is 2.22. The van der Waals surface area contributed by atoms with Crippen LogP contribution in [0.2, 0.25) is 0 Å². The van der Waals surface area contributed by atoms with Gasteiger partial charge in [0.15, 0.2) is 29.1 Å². The molecule has 3 unspecified atom stereocenters. The Morgan fingerprint density at radius 3 is 1.66 bits per heavy atom. The molecule has 0 bridgehead atoms. The molecule has 236 valence electrons. The van der Waals surface area contributed by atoms with Crippen molar-refractivity contribution in [3.63, 3.8) is 0 Å². The average molecular weight is 627 g/mol. The number of nitrogens with one attached hydrogen (secondary N) is 2. The number of ether oxygens (including phenoxy) is 2. The molecule has 0 aliphatic heterocycles. The summed E-state index contributed by atoms with van der Waals surface area (Å²) in [5.41, 5.74) is 4.14. The number of H-pyrrole nitrogens is 2. The fraction of sp³-hybridized carbons (Fsp3) is 0.189. The molecule has 0 radical (unpaired) electrons. The van der Waals surface area contributed by atoms with E-state index >= 15 is 0 Å². The van der Waals surface area contributed by atoms with Crippen molar-refractivity contribution in [2.75, 3.05) is 0 Å². The Kier molecular flexibility index (Phi) is 9.40. The summed E-state index contributed by atoms with van der Waals surface area (Å²) in [4.78, 5) is 35.5. The predicted octanol–water partition coefficient (Wildman–Crippen LogP) is 7.20. The molecule has 0 aliphatic rings. The van der Waals surface area contributed by atoms with E-state index < -0.39 is 18.2 Å². The van der Waals surface area contributed by atoms with Gasteiger partial charge >= 0.3 is 5.97 Å². The summed E-state index contributed by atoms with van der Waals surface area (Å²) in [6.07, 6.45) is -1.11. The fourth-order valence-electron chi connectivity index (χ4n) is 5.30. The maximum Gasteiger partial charge on any atom is 0.338 e. The first kappa shape index (κ1) is 31.3. The molecule has 10 heteroatoms. The van der Waals surface area contributed by atoms with E-state index in [1.807, 2.05) is 79.7 Å². The molecule has 0 saturated heterocycles. The lowest BCUT2D eigenvalue weighted by Gasteiger charge is -2.22. The molecular formula is C37H34N6O4. The van der Waals surface area contributed by atoms with E-state index in [1.54, 1.807) is 50.2 Å². The third-order valence-corrected chi connectivity index (χ3v) is 7.60. The van der Waals surface area contributed by atoms with Gasteiger partial charge in [-0.1, -0.05) is 91.0 Å². The minimum absolute atomic E-state index is 0.165. The lowest BCUT2D eigenvalue weighted by Crippen LogP contribution is -2.28. The molecule has 47 heavy (non-hydrogen) atoms. The zero-order valence-electron chi connectivity index (χ0n) is 26.3. The second kappa shape index (κ2) is 14.1. The van der Waals surface area contributed by atoms with Crippen LogP contribution in [0, 0.1) is 0 Å². The monoisotopic (exact) mass is 626 g/mol. The molecule has 2 aromatic heterocycles. The number of rotatable bonds is 12. The number of carbonyl (C=O) groups is 2. The zero-order chi connectivity index (χ0) is 32.8. The molecule has 0 fully saturated rings. The van der Waals surface area contributed by atoms with Crippen LogP contribution in [0.4, 0.5) is 0 Å². The van der Waals surface area contributed by atoms with E-state index in [0.29, 0.717) is 46.4 Å². The molecule has 6 rings (SSSR count). The molecule has 4 aromatic carbocycles. The standard InChI is InChI=1S/C37H34N6O4/c1-23(46-25(3)32(44)28-16-10-17-29(21-28)35-38-33(40-42-35)26-12-6-4-7-13-26)20-24(2)47-37(45)31-19-11-18-30(22-31)36-39-34(41-43-36)27-14-8-5-9-15-27/h4-19,21-25H,20H2,1-3H3,(H,38,40,42)(H,39,41,43). The van der Waals surface area contributed by atoms with Gasteiger partial charge in [0, 0.05) is 34.2 Å². The van der Waals surface area contributed by atoms with Crippen LogP contribution in [0.1, 0.15) is 47.9 Å². The van der Waals surface area contributed by atoms with Crippen LogP contribution in [0.5, 0.6) is 0 Å². The first-order chi connectivity index (χ1) is 22.8. The number of Topliss-reactive ketones (excluding diaryl/α,β-unsaturated/α-hetero) is 1. The van der Waals surface area contributed by atoms with E-state index in [9.17, 15) is 9.59 Å². The first-order valence-electron chi connectivity index (χ1n) is 15.4. The van der Waals surface area contributed by atoms with E-state index in [-0.39, 0.29) is 11.9 Å². The molecule has 0 aliphatic carbocycles. The lowest BCUT2D eigenvalue weighted by atomic mass is 10.0. The number of nitrogens with zero attached hydrogens (tertiary/aromatic N) is 4. The molecule has 0 amide bonds. The minimum Gasteiger partial charge on any atom is -0.459 e. The Morgan fingerprint density at radius 2 is 1.11 bits per heavy atom. The number of benzene rings is 4. The molecule has 0 saturated carbocycles. The number of aromatic amines is 2. The van der Waals surface area contributed by atoms with Gasteiger partial charge in [0.05, 0.1) is 11.7 Å². The summed E-state index contributed by atoms with van der Waals surface area (Å²) in [5.74, 6) is 1.64. The number of aromatic nitrogens is 6. The van der Waals surface area contributed by atoms with Crippen molar-refractivity contribution in [3.8, 4) is 45.6 Å². The zero-order valence-corrected chi connectivity index (χ0v) is 26.3. The quantitative estimate of drug-likeness (QED) is 0.108. The van der Waals surface area contributed by atoms with Gasteiger partial charge in [-0.05, 0) is 39.0 Å². The van der Waals surface area contributed by atoms with E-state index in [4.69, 9.17) is 9.47 Å². The van der Waals surface area contributed by atoms with Crippen LogP contribution < -0.4 is 0 Å². The Balaban J connectivity index is 1.03. The summed E-state index contributed by atoms with van der Waals surface area (Å²) >= 11 is 0. The van der Waals surface area contributed by atoms with Crippen molar-refractivity contribution in [2.45, 2.75) is 45.5 Å². The number of carbonyl (C=O) groups excluding carboxylic acids is 2. The van der Waals surface area contributed by atoms with Gasteiger partial charge in [-0.3, -0.25) is 15.0 Å². The molecule has 2 heterocycles. The molecule has 3 atom stereocenters. The molecular weight excluding hydrogens is 592 g/mol. The Labute approximate surface area is 272 Å². The summed E-state index contributed by atoms with van der Waals surface area (Å²) in [7, 11) is 0. The van der Waals surface area contributed by atoms with Gasteiger partial charge in [-0.15, -0.1) is 0 Å². The van der Waals surface area contributed by atoms with Gasteiger partial charge in [0.25, 0.3) is 0 Å². The fourth-order valence-corrected chi connectivity index (χ4v) is 5.30. The summed E-state index contributed by atoms with van der Waals surface area (Å²) in [5, 5.41) is 14.6. The van der Waals surface area contributed by atoms with Gasteiger partial charge in [-0.25, -0.2) is 14.8 Å². The van der Waals surface area contributed by atoms with Gasteiger partial charge in [0.2, 0.25) is 0 Å². The summed E-state index contributed by atoms with van der Waals surface area (Å²) < 4.78 is 11.8. The number of hydrogen-bond acceptors (Lipinski definition) is 8. The second-order valence-electron chi connectivity index (χ2n) is 11.3. The van der Waals surface area contributed by atoms with E-state index in [2.05, 4.69) is 30.4 Å². The lowest BCUT2D eigenvalue weighted by molar-refractivity contribution is -0.0172. The molecule has 10 nitrogen and oxygen atoms in total. The Hall–Kier alpha value is -5.74. The van der Waals surface area contributed by atoms with Crippen molar-refractivity contribution in [1.82, 2.24) is 30.4 Å². The molecule has 0 spiro atoms. The van der Waals surface area contributed by atoms with Gasteiger partial charge in [-0.2, -0.15) is 10.2 Å². The third-order valence-electron chi connectivity index (χ3n) is 7.60. The van der Waals surface area contributed by atoms with Crippen molar-refractivity contribution >= 4 is 11.8 Å². The van der Waals surface area contributed by atoms with Crippen molar-refractivity contribution < 1.29 is 19.1 Å². The van der Waals surface area contributed by atoms with Crippen molar-refractivity contribution in [2.24, 2.45) is 0 Å². The smallest absolute Gasteiger partial charge is 0.338 e. The summed E-state index contributed by atoms with van der Waals surface area (Å²) in [6, 6.07) is 33.6. The topological polar surface area (TPSA) is 136 Å². The van der Waals surface area contributed by atoms with Gasteiger partial charge in [0.1, 0.15) is 12.2 Å². The molecule has 6 aromatic rings. The van der Waals surface area contributed by atoms with Crippen LogP contribution >= 0.6 is 0 Å². The highest BCUT2D eigenvalue weighted by atomic mass is 16.5. The van der Waals surface area contributed by atoms with E-state index in [1.165, 1.54) is 0 Å². The van der Waals surface area contributed by atoms with Crippen LogP contribution in [-0.4, -0.2) is 60.4 Å². The molecule has 2 N–H and O–H groups in total. The van der Waals surface area contributed by atoms with Crippen LogP contribution in [0.25, 0.3) is 45.6 Å². The second-order valence-corrected chi connectivity index (χ2v) is 11.3. The van der Waals surface area contributed by atoms with Crippen LogP contribution in [-0.2, 0) is 9.47 Å². The van der Waals surface area contributed by atoms with E-state index in [0.717, 1.165) is 16.7 Å². The van der Waals surface area contributed by atoms with Crippen LogP contribution in [0.15, 0.2) is 109 Å². The predicted molar refractivity (Wildman–Crippen MR) is 178 cm³/mol.